The Morgan fingerprint density at radius 2 is 1.00 bits per heavy atom. The van der Waals surface area contributed by atoms with Crippen LogP contribution in [0.3, 0.4) is 0 Å². The summed E-state index contributed by atoms with van der Waals surface area (Å²) in [7, 11) is -9.11. The molecule has 0 radical (unpaired) electrons. The lowest BCUT2D eigenvalue weighted by Gasteiger charge is -1.97. The van der Waals surface area contributed by atoms with Gasteiger partial charge in [-0.1, -0.05) is 0 Å². The molecule has 148 valence electrons. The van der Waals surface area contributed by atoms with Gasteiger partial charge in [0.1, 0.15) is 49.8 Å². The molecule has 0 bridgehead atoms. The van der Waals surface area contributed by atoms with Gasteiger partial charge in [-0.25, -0.2) is 0 Å². The van der Waals surface area contributed by atoms with Crippen molar-refractivity contribution in [3.05, 3.63) is 37.2 Å². The maximum Gasteiger partial charge on any atom is 0.334 e. The Bertz CT molecular complexity index is 593. The third-order valence-corrected chi connectivity index (χ3v) is 2.80. The Morgan fingerprint density at radius 1 is 0.680 bits per heavy atom. The van der Waals surface area contributed by atoms with E-state index in [1.54, 1.807) is 0 Å². The smallest absolute Gasteiger partial charge is 0.334 e. The molecule has 0 aromatic rings. The van der Waals surface area contributed by atoms with Crippen LogP contribution in [0.4, 0.5) is 25.3 Å². The third kappa shape index (κ3) is 27.3. The first-order valence-corrected chi connectivity index (χ1v) is 8.85. The SMILES string of the molecule is FC(F)=C(F)F.O=S(=O)(F)CCOC=COC=COCCS(=O)(=O)F. The van der Waals surface area contributed by atoms with Gasteiger partial charge in [-0.15, -0.1) is 7.77 Å². The molecular weight excluding hydrogens is 410 g/mol. The number of ether oxygens (including phenoxy) is 3. The van der Waals surface area contributed by atoms with Crippen molar-refractivity contribution < 1.29 is 56.4 Å². The van der Waals surface area contributed by atoms with Gasteiger partial charge in [0.15, 0.2) is 0 Å². The van der Waals surface area contributed by atoms with Gasteiger partial charge in [-0.3, -0.25) is 0 Å². The van der Waals surface area contributed by atoms with Crippen molar-refractivity contribution in [3.63, 3.8) is 0 Å². The highest BCUT2D eigenvalue weighted by Crippen LogP contribution is 2.08. The highest BCUT2D eigenvalue weighted by molar-refractivity contribution is 7.86. The van der Waals surface area contributed by atoms with E-state index < -0.39 is 44.1 Å². The lowest BCUT2D eigenvalue weighted by Crippen LogP contribution is -2.04. The Kier molecular flexibility index (Phi) is 13.6. The predicted octanol–water partition coefficient (Wildman–Crippen LogP) is 2.57. The second-order valence-corrected chi connectivity index (χ2v) is 6.40. The Morgan fingerprint density at radius 3 is 1.24 bits per heavy atom. The number of hydrogen-bond donors (Lipinski definition) is 0. The molecule has 0 fully saturated rings. The first kappa shape index (κ1) is 25.3. The van der Waals surface area contributed by atoms with E-state index in [0.29, 0.717) is 0 Å². The number of halogens is 6. The summed E-state index contributed by atoms with van der Waals surface area (Å²) in [5.41, 5.74) is 0. The fourth-order valence-electron chi connectivity index (χ4n) is 0.619. The molecule has 7 nitrogen and oxygen atoms in total. The van der Waals surface area contributed by atoms with Crippen LogP contribution in [0.2, 0.25) is 0 Å². The van der Waals surface area contributed by atoms with Crippen LogP contribution in [0.5, 0.6) is 0 Å². The van der Waals surface area contributed by atoms with Crippen LogP contribution in [0.15, 0.2) is 37.2 Å². The second kappa shape index (κ2) is 13.4. The zero-order valence-corrected chi connectivity index (χ0v) is 13.7. The third-order valence-electron chi connectivity index (χ3n) is 1.49. The van der Waals surface area contributed by atoms with Gasteiger partial charge in [0.25, 0.3) is 0 Å². The average molecular weight is 422 g/mol. The minimum atomic E-state index is -4.56. The fourth-order valence-corrected chi connectivity index (χ4v) is 1.21. The van der Waals surface area contributed by atoms with Gasteiger partial charge in [0, 0.05) is 0 Å². The first-order valence-electron chi connectivity index (χ1n) is 5.75. The Hall–Kier alpha value is -1.90. The summed E-state index contributed by atoms with van der Waals surface area (Å²) in [6.45, 7) is -0.736. The largest absolute Gasteiger partial charge is 0.497 e. The second-order valence-electron chi connectivity index (χ2n) is 3.43. The van der Waals surface area contributed by atoms with Crippen LogP contribution in [-0.4, -0.2) is 41.6 Å². The molecule has 0 aliphatic heterocycles. The highest BCUT2D eigenvalue weighted by atomic mass is 32.3. The standard InChI is InChI=1S/C8H12F2O7S2.C2F4/c9-18(11,12)7-5-16-3-1-15-2-4-17-6-8-19(10,13)14;3-1(4)2(5)6/h1-4H,5-8H2;. The summed E-state index contributed by atoms with van der Waals surface area (Å²) in [4.78, 5) is 0. The van der Waals surface area contributed by atoms with Crippen LogP contribution in [-0.2, 0) is 34.7 Å². The molecule has 0 heterocycles. The lowest BCUT2D eigenvalue weighted by atomic mass is 10.8. The van der Waals surface area contributed by atoms with E-state index >= 15 is 0 Å². The minimum Gasteiger partial charge on any atom is -0.497 e. The normalized spacial score (nSPS) is 11.8. The Labute approximate surface area is 139 Å². The number of rotatable bonds is 10. The maximum atomic E-state index is 12.0. The number of hydrogen-bond acceptors (Lipinski definition) is 7. The maximum absolute atomic E-state index is 12.0. The summed E-state index contributed by atoms with van der Waals surface area (Å²) >= 11 is 0. The van der Waals surface area contributed by atoms with Gasteiger partial charge in [0.2, 0.25) is 0 Å². The monoisotopic (exact) mass is 422 g/mol. The molecular formula is C10H12F6O7S2. The van der Waals surface area contributed by atoms with Crippen LogP contribution < -0.4 is 0 Å². The molecule has 0 N–H and O–H groups in total. The van der Waals surface area contributed by atoms with E-state index in [1.165, 1.54) is 0 Å². The molecule has 0 unspecified atom stereocenters. The summed E-state index contributed by atoms with van der Waals surface area (Å²) < 4.78 is 119. The van der Waals surface area contributed by atoms with E-state index in [9.17, 15) is 42.2 Å². The molecule has 0 aliphatic rings. The van der Waals surface area contributed by atoms with Crippen molar-refractivity contribution in [2.24, 2.45) is 0 Å². The molecule has 0 saturated heterocycles. The molecule has 0 atom stereocenters. The zero-order valence-electron chi connectivity index (χ0n) is 12.1. The van der Waals surface area contributed by atoms with Gasteiger partial charge in [-0.05, 0) is 0 Å². The topological polar surface area (TPSA) is 96.0 Å². The van der Waals surface area contributed by atoms with Crippen molar-refractivity contribution in [1.29, 1.82) is 0 Å². The predicted molar refractivity (Wildman–Crippen MR) is 72.5 cm³/mol. The minimum absolute atomic E-state index is 0.368. The van der Waals surface area contributed by atoms with Crippen LogP contribution in [0.1, 0.15) is 0 Å². The molecule has 0 aromatic heterocycles. The van der Waals surface area contributed by atoms with Crippen molar-refractivity contribution in [2.75, 3.05) is 24.7 Å². The quantitative estimate of drug-likeness (QED) is 0.231. The van der Waals surface area contributed by atoms with Gasteiger partial charge >= 0.3 is 32.6 Å². The molecule has 15 heteroatoms. The molecule has 0 spiro atoms. The van der Waals surface area contributed by atoms with Crippen molar-refractivity contribution in [2.45, 2.75) is 0 Å². The van der Waals surface area contributed by atoms with Crippen molar-refractivity contribution in [3.8, 4) is 0 Å². The average Bonchev–Trinajstić information content (AvgIpc) is 2.43. The lowest BCUT2D eigenvalue weighted by molar-refractivity contribution is 0.238. The van der Waals surface area contributed by atoms with Crippen LogP contribution >= 0.6 is 0 Å². The Balaban J connectivity index is 0. The van der Waals surface area contributed by atoms with E-state index in [2.05, 4.69) is 14.2 Å². The molecule has 0 amide bonds. The van der Waals surface area contributed by atoms with E-state index in [1.807, 2.05) is 0 Å². The van der Waals surface area contributed by atoms with Crippen molar-refractivity contribution >= 4 is 20.4 Å². The van der Waals surface area contributed by atoms with E-state index in [4.69, 9.17) is 0 Å². The van der Waals surface area contributed by atoms with Gasteiger partial charge in [-0.2, -0.15) is 34.4 Å². The summed E-state index contributed by atoms with van der Waals surface area (Å²) in [6.07, 6.45) is -1.87. The van der Waals surface area contributed by atoms with E-state index in [0.717, 1.165) is 25.0 Å². The van der Waals surface area contributed by atoms with Crippen molar-refractivity contribution in [1.82, 2.24) is 0 Å². The summed E-state index contributed by atoms with van der Waals surface area (Å²) in [5.74, 6) is -1.54. The van der Waals surface area contributed by atoms with E-state index in [-0.39, 0.29) is 13.2 Å². The summed E-state index contributed by atoms with van der Waals surface area (Å²) in [6, 6.07) is 0. The zero-order chi connectivity index (χ0) is 19.9. The summed E-state index contributed by atoms with van der Waals surface area (Å²) in [5, 5.41) is 0. The van der Waals surface area contributed by atoms with Crippen LogP contribution in [0.25, 0.3) is 0 Å². The molecule has 0 aliphatic carbocycles. The molecule has 0 aromatic carbocycles. The van der Waals surface area contributed by atoms with Gasteiger partial charge < -0.3 is 14.2 Å². The van der Waals surface area contributed by atoms with Crippen LogP contribution in [0, 0.1) is 0 Å². The first-order chi connectivity index (χ1) is 11.3. The molecule has 25 heavy (non-hydrogen) atoms. The van der Waals surface area contributed by atoms with Gasteiger partial charge in [0.05, 0.1) is 0 Å². The highest BCUT2D eigenvalue weighted by Gasteiger charge is 2.05. The molecule has 0 rings (SSSR count). The fraction of sp³-hybridized carbons (Fsp3) is 0.400. The molecule has 0 saturated carbocycles.